The maximum Gasteiger partial charge on any atom is 0.364 e. The number of allylic oxidation sites excluding steroid dienone is 1. The van der Waals surface area contributed by atoms with Crippen molar-refractivity contribution in [1.29, 1.82) is 0 Å². The summed E-state index contributed by atoms with van der Waals surface area (Å²) in [6.07, 6.45) is -49.8. The minimum absolute atomic E-state index is 0.0554. The lowest BCUT2D eigenvalue weighted by atomic mass is 9.86. The fraction of sp³-hybridized carbons (Fsp3) is 0.894. The number of hydrogen-bond donors (Lipinski definition) is 29. The summed E-state index contributed by atoms with van der Waals surface area (Å²) in [5, 5.41) is 296. The maximum absolute atomic E-state index is 14.7. The summed E-state index contributed by atoms with van der Waals surface area (Å²) in [6.45, 7) is -2.19. The van der Waals surface area contributed by atoms with Crippen molar-refractivity contribution in [2.24, 2.45) is 5.92 Å². The highest BCUT2D eigenvalue weighted by atomic mass is 16.8. The molecule has 145 heavy (non-hydrogen) atoms. The first-order valence-electron chi connectivity index (χ1n) is 50.6. The second kappa shape index (κ2) is 61.8. The standard InChI is InChI=1S/C94H162N4O47/c1-7-9-11-13-15-17-19-21-23-25-27-29-31-33-53(110)52(98-64(115)34-32-30-28-26-24-22-20-18-16-14-12-10-8-2)46-132-86-76(124)74(122)79(62(44-104)135-86)138-88-77(125)84(80(63(45-105)136-88)139-85-51(35-47(3)106)78(70(118)59(41-101)133-85)137-87-75(123)73(121)69(117)58(40-100)134-87)145-94(91(130)131)38-56(113)67(97-50(6)109)83(144-94)72(120)61(43-103)141-93(90(128)129)37-55(112)66(96-49(5)108)82(143-93)71(119)60(42-102)140-92(89(126)127)36-54(111)65(95-48(4)107)81(142-92)68(116)57(114)39-99/h31,33,51-63,65-88,99-105,110-114,116-125H,7-30,32,34-46H2,1-6H3,(H,95,107)(H,96,108)(H,97,109)(H,98,115)(H,126,127)(H,128,129)(H,130,131)/t51-,52+,53-,54+,55+,56+,57-,58-,59-,60-,61-,62-,63-,65-,66-,67-,68-,69+,70+,71-,72-,73+,74-,75-,76-,77-,78-,79-,80+,81?,82?,83?,84-,85+,86-,87+,88+,92-,93-,94+/m1/s1. The SMILES string of the molecule is CCCCCCCCCCCCCC=C[C@@H](O)[C@H](CO[C@@H]1O[C@H](CO)[C@@H](O[C@@H]2O[C@H](CO)[C@H](O[C@@H]3O[C@H](CO)[C@H](O)[C@H](O[C@@H]4O[C@H](CO)[C@H](O)[C@H](O)[C@H]4O)[C@H]3CC(C)=O)[C@H](O[C@]3(C(=O)O)C[C@H](O)[C@@H](NC(C)=O)C([C@H](O)[C@@H](CO)O[C@]4(C(=O)O)C[C@H](O)[C@@H](NC(C)=O)C([C@H](O)[C@@H](CO)O[C@]5(C(=O)O)C[C@H](O)[C@@H](NC(C)=O)C([C@H](O)[C@H](O)CO)O5)O4)O3)[C@H]2O)[C@H](O)[C@H]1O)NC(=O)CCCCCCCCCCCCCCC. The van der Waals surface area contributed by atoms with Crippen LogP contribution in [0.25, 0.3) is 0 Å². The van der Waals surface area contributed by atoms with Gasteiger partial charge in [-0.3, -0.25) is 19.2 Å². The zero-order valence-corrected chi connectivity index (χ0v) is 83.0. The molecule has 7 heterocycles. The molecule has 0 aromatic carbocycles. The molecule has 29 N–H and O–H groups in total. The van der Waals surface area contributed by atoms with Crippen LogP contribution in [0.5, 0.6) is 0 Å². The predicted octanol–water partition coefficient (Wildman–Crippen LogP) is -6.38. The molecule has 3 unspecified atom stereocenters. The van der Waals surface area contributed by atoms with Crippen LogP contribution in [-0.4, -0.2) is 465 Å². The molecule has 0 aliphatic carbocycles. The van der Waals surface area contributed by atoms with Crippen LogP contribution in [-0.2, 0) is 105 Å². The van der Waals surface area contributed by atoms with Gasteiger partial charge in [0.25, 0.3) is 17.4 Å². The topological polar surface area (TPSA) is 820 Å². The van der Waals surface area contributed by atoms with Crippen molar-refractivity contribution in [2.45, 2.75) is 472 Å². The normalized spacial score (nSPS) is 35.8. The number of aliphatic carboxylic acids is 3. The van der Waals surface area contributed by atoms with E-state index in [1.807, 2.05) is 0 Å². The molecule has 0 bridgehead atoms. The van der Waals surface area contributed by atoms with Gasteiger partial charge in [-0.15, -0.1) is 0 Å². The molecule has 0 spiro atoms. The predicted molar refractivity (Wildman–Crippen MR) is 493 cm³/mol. The first kappa shape index (κ1) is 126. The number of carbonyl (C=O) groups excluding carboxylic acids is 5. The van der Waals surface area contributed by atoms with Crippen molar-refractivity contribution in [3.8, 4) is 0 Å². The first-order valence-corrected chi connectivity index (χ1v) is 50.6. The zero-order chi connectivity index (χ0) is 107. The summed E-state index contributed by atoms with van der Waals surface area (Å²) >= 11 is 0. The van der Waals surface area contributed by atoms with E-state index in [0.717, 1.165) is 111 Å². The fourth-order valence-corrected chi connectivity index (χ4v) is 19.4. The van der Waals surface area contributed by atoms with Gasteiger partial charge in [-0.1, -0.05) is 167 Å². The Morgan fingerprint density at radius 3 is 1.19 bits per heavy atom. The molecule has 40 atom stereocenters. The lowest BCUT2D eigenvalue weighted by Gasteiger charge is -2.53. The molecule has 51 nitrogen and oxygen atoms in total. The van der Waals surface area contributed by atoms with Crippen molar-refractivity contribution in [2.75, 3.05) is 52.9 Å². The van der Waals surface area contributed by atoms with Gasteiger partial charge < -0.3 is 220 Å². The Morgan fingerprint density at radius 2 is 0.766 bits per heavy atom. The quantitative estimate of drug-likeness (QED) is 0.0199. The second-order valence-corrected chi connectivity index (χ2v) is 38.8. The average molecular weight is 2100 g/mol. The Bertz CT molecular complexity index is 3870. The van der Waals surface area contributed by atoms with Crippen molar-refractivity contribution >= 4 is 47.3 Å². The zero-order valence-electron chi connectivity index (χ0n) is 83.0. The molecule has 0 aromatic heterocycles. The van der Waals surface area contributed by atoms with Crippen molar-refractivity contribution in [3.63, 3.8) is 0 Å². The Hall–Kier alpha value is -5.74. The van der Waals surface area contributed by atoms with Gasteiger partial charge in [0.05, 0.1) is 108 Å². The Labute approximate surface area is 840 Å². The summed E-state index contributed by atoms with van der Waals surface area (Å²) in [7, 11) is 0. The number of rotatable bonds is 65. The largest absolute Gasteiger partial charge is 0.477 e. The number of ether oxygens (including phenoxy) is 14. The van der Waals surface area contributed by atoms with Gasteiger partial charge in [-0.2, -0.15) is 0 Å². The minimum Gasteiger partial charge on any atom is -0.477 e. The molecule has 0 aromatic rings. The highest BCUT2D eigenvalue weighted by Gasteiger charge is 2.66. The molecular formula is C94H162N4O47. The molecule has 7 saturated heterocycles. The van der Waals surface area contributed by atoms with Gasteiger partial charge in [-0.05, 0) is 26.2 Å². The van der Waals surface area contributed by atoms with Crippen LogP contribution >= 0.6 is 0 Å². The molecule has 4 amide bonds. The van der Waals surface area contributed by atoms with E-state index in [4.69, 9.17) is 66.3 Å². The van der Waals surface area contributed by atoms with Crippen LogP contribution in [0.2, 0.25) is 0 Å². The van der Waals surface area contributed by atoms with Gasteiger partial charge in [-0.25, -0.2) is 14.4 Å². The number of nitrogens with one attached hydrogen (secondary N) is 4. The molecule has 7 aliphatic rings. The van der Waals surface area contributed by atoms with Gasteiger partial charge in [0, 0.05) is 58.8 Å². The number of ketones is 1. The number of aliphatic hydroxyl groups is 22. The number of amides is 4. The molecule has 0 radical (unpaired) electrons. The third-order valence-corrected chi connectivity index (χ3v) is 27.4. The van der Waals surface area contributed by atoms with E-state index in [-0.39, 0.29) is 6.42 Å². The van der Waals surface area contributed by atoms with Gasteiger partial charge in [0.1, 0.15) is 146 Å². The Balaban J connectivity index is 1.25. The number of unbranched alkanes of at least 4 members (excludes halogenated alkanes) is 23. The van der Waals surface area contributed by atoms with Gasteiger partial charge in [0.2, 0.25) is 23.6 Å². The van der Waals surface area contributed by atoms with Crippen LogP contribution in [0.4, 0.5) is 0 Å². The van der Waals surface area contributed by atoms with Crippen LogP contribution in [0.1, 0.15) is 234 Å². The molecule has 51 heteroatoms. The molecule has 840 valence electrons. The van der Waals surface area contributed by atoms with E-state index in [2.05, 4.69) is 35.1 Å². The third-order valence-electron chi connectivity index (χ3n) is 27.4. The first-order chi connectivity index (χ1) is 68.9. The van der Waals surface area contributed by atoms with E-state index in [9.17, 15) is 166 Å². The number of hydrogen-bond acceptors (Lipinski definition) is 44. The van der Waals surface area contributed by atoms with E-state index >= 15 is 0 Å². The average Bonchev–Trinajstić information content (AvgIpc) is 0.746. The monoisotopic (exact) mass is 2100 g/mol. The summed E-state index contributed by atoms with van der Waals surface area (Å²) in [4.78, 5) is 108. The summed E-state index contributed by atoms with van der Waals surface area (Å²) < 4.78 is 84.3. The number of carboxylic acid groups (broad SMARTS) is 3. The van der Waals surface area contributed by atoms with Crippen LogP contribution in [0.3, 0.4) is 0 Å². The van der Waals surface area contributed by atoms with Crippen LogP contribution in [0.15, 0.2) is 12.2 Å². The highest BCUT2D eigenvalue weighted by molar-refractivity contribution is 5.79. The van der Waals surface area contributed by atoms with E-state index in [1.54, 1.807) is 6.08 Å². The smallest absolute Gasteiger partial charge is 0.364 e. The second-order valence-electron chi connectivity index (χ2n) is 38.8. The maximum atomic E-state index is 14.7. The van der Waals surface area contributed by atoms with Gasteiger partial charge >= 0.3 is 17.9 Å². The summed E-state index contributed by atoms with van der Waals surface area (Å²) in [6, 6.07) is -7.45. The number of carbonyl (C=O) groups is 8. The Morgan fingerprint density at radius 1 is 0.393 bits per heavy atom. The van der Waals surface area contributed by atoms with Gasteiger partial charge in [0.15, 0.2) is 25.2 Å². The highest BCUT2D eigenvalue weighted by Crippen LogP contribution is 2.46. The fourth-order valence-electron chi connectivity index (χ4n) is 19.4. The summed E-state index contributed by atoms with van der Waals surface area (Å²) in [5.74, 6) is -24.3. The molecule has 7 fully saturated rings. The van der Waals surface area contributed by atoms with Crippen LogP contribution < -0.4 is 21.3 Å². The lowest BCUT2D eigenvalue weighted by Crippen LogP contribution is -2.72. The molecular weight excluding hydrogens is 1940 g/mol. The van der Waals surface area contributed by atoms with Crippen LogP contribution in [0, 0.1) is 5.92 Å². The van der Waals surface area contributed by atoms with E-state index < -0.39 is 369 Å². The molecule has 0 saturated carbocycles. The number of aliphatic hydroxyl groups excluding tert-OH is 22. The number of Topliss-reactive ketones (excluding diaryl/α,β-unsaturated/α-hetero) is 1. The van der Waals surface area contributed by atoms with E-state index in [0.29, 0.717) is 12.8 Å². The molecule has 7 rings (SSSR count). The summed E-state index contributed by atoms with van der Waals surface area (Å²) in [5.41, 5.74) is 0. The minimum atomic E-state index is -3.81. The van der Waals surface area contributed by atoms with Crippen molar-refractivity contribution < 1.29 is 232 Å². The van der Waals surface area contributed by atoms with E-state index in [1.165, 1.54) is 70.3 Å². The van der Waals surface area contributed by atoms with Crippen molar-refractivity contribution in [3.05, 3.63) is 12.2 Å². The van der Waals surface area contributed by atoms with Crippen molar-refractivity contribution in [1.82, 2.24) is 21.3 Å². The molecule has 7 aliphatic heterocycles. The third kappa shape index (κ3) is 35.1. The Kier molecular flexibility index (Phi) is 53.8. The lowest BCUT2D eigenvalue weighted by molar-refractivity contribution is -0.407. The number of carboxylic acids is 3.